The van der Waals surface area contributed by atoms with Crippen molar-refractivity contribution in [3.63, 3.8) is 0 Å². The molecule has 1 aromatic carbocycles. The van der Waals surface area contributed by atoms with Crippen LogP contribution in [0.2, 0.25) is 0 Å². The third-order valence-corrected chi connectivity index (χ3v) is 4.75. The van der Waals surface area contributed by atoms with Gasteiger partial charge in [0.2, 0.25) is 0 Å². The fourth-order valence-electron chi connectivity index (χ4n) is 3.10. The van der Waals surface area contributed by atoms with Gasteiger partial charge in [-0.2, -0.15) is 0 Å². The summed E-state index contributed by atoms with van der Waals surface area (Å²) in [7, 11) is 0. The minimum Gasteiger partial charge on any atom is -0.359 e. The highest BCUT2D eigenvalue weighted by molar-refractivity contribution is 7.80. The van der Waals surface area contributed by atoms with E-state index < -0.39 is 0 Å². The zero-order chi connectivity index (χ0) is 12.0. The van der Waals surface area contributed by atoms with E-state index in [1.807, 2.05) is 0 Å². The van der Waals surface area contributed by atoms with Gasteiger partial charge in [-0.1, -0.05) is 43.4 Å². The first-order valence-electron chi connectivity index (χ1n) is 6.33. The van der Waals surface area contributed by atoms with Crippen LogP contribution in [0.3, 0.4) is 0 Å². The standard InChI is InChI=1S/C14H18N2S/c1-9-6-7-16(14(9)17)13-8-12(15)10-4-2-3-5-11(10)13/h2-5,9,12-13H,6-8,15H2,1H3. The monoisotopic (exact) mass is 246 g/mol. The van der Waals surface area contributed by atoms with E-state index in [1.54, 1.807) is 0 Å². The lowest BCUT2D eigenvalue weighted by atomic mass is 10.1. The van der Waals surface area contributed by atoms with E-state index in [0.29, 0.717) is 12.0 Å². The third-order valence-electron chi connectivity index (χ3n) is 4.12. The van der Waals surface area contributed by atoms with Crippen molar-refractivity contribution in [3.8, 4) is 0 Å². The molecule has 1 aromatic rings. The summed E-state index contributed by atoms with van der Waals surface area (Å²) in [4.78, 5) is 3.52. The lowest BCUT2D eigenvalue weighted by molar-refractivity contribution is 0.332. The summed E-state index contributed by atoms with van der Waals surface area (Å²) in [6, 6.07) is 9.13. The van der Waals surface area contributed by atoms with Gasteiger partial charge in [-0.05, 0) is 24.0 Å². The number of fused-ring (bicyclic) bond motifs is 1. The minimum atomic E-state index is 0.176. The van der Waals surface area contributed by atoms with E-state index in [0.717, 1.165) is 18.0 Å². The van der Waals surface area contributed by atoms with E-state index in [1.165, 1.54) is 17.5 Å². The number of rotatable bonds is 1. The van der Waals surface area contributed by atoms with Crippen molar-refractivity contribution < 1.29 is 0 Å². The molecule has 2 nitrogen and oxygen atoms in total. The molecule has 0 amide bonds. The number of hydrogen-bond acceptors (Lipinski definition) is 2. The molecule has 0 saturated carbocycles. The van der Waals surface area contributed by atoms with E-state index in [9.17, 15) is 0 Å². The van der Waals surface area contributed by atoms with Crippen molar-refractivity contribution in [2.45, 2.75) is 31.8 Å². The van der Waals surface area contributed by atoms with Gasteiger partial charge in [-0.25, -0.2) is 0 Å². The number of thiocarbonyl (C=S) groups is 1. The highest BCUT2D eigenvalue weighted by Crippen LogP contribution is 2.43. The molecule has 2 aliphatic rings. The van der Waals surface area contributed by atoms with Gasteiger partial charge in [-0.3, -0.25) is 0 Å². The van der Waals surface area contributed by atoms with Gasteiger partial charge >= 0.3 is 0 Å². The second kappa shape index (κ2) is 4.07. The van der Waals surface area contributed by atoms with Crippen molar-refractivity contribution >= 4 is 17.2 Å². The van der Waals surface area contributed by atoms with Gasteiger partial charge in [0.15, 0.2) is 0 Å². The van der Waals surface area contributed by atoms with Gasteiger partial charge in [0.1, 0.15) is 0 Å². The Balaban J connectivity index is 1.94. The Morgan fingerprint density at radius 1 is 1.29 bits per heavy atom. The number of nitrogens with two attached hydrogens (primary N) is 1. The maximum atomic E-state index is 6.21. The average molecular weight is 246 g/mol. The largest absolute Gasteiger partial charge is 0.359 e. The summed E-state index contributed by atoms with van der Waals surface area (Å²) in [5, 5.41) is 0. The maximum Gasteiger partial charge on any atom is 0.0813 e. The summed E-state index contributed by atoms with van der Waals surface area (Å²) < 4.78 is 0. The highest BCUT2D eigenvalue weighted by Gasteiger charge is 2.37. The summed E-state index contributed by atoms with van der Waals surface area (Å²) in [5.41, 5.74) is 8.91. The smallest absolute Gasteiger partial charge is 0.0813 e. The molecule has 90 valence electrons. The third kappa shape index (κ3) is 1.69. The lowest BCUT2D eigenvalue weighted by Gasteiger charge is -2.27. The Hall–Kier alpha value is -0.930. The topological polar surface area (TPSA) is 29.3 Å². The highest BCUT2D eigenvalue weighted by atomic mass is 32.1. The van der Waals surface area contributed by atoms with E-state index in [-0.39, 0.29) is 6.04 Å². The predicted octanol–water partition coefficient (Wildman–Crippen LogP) is 2.80. The lowest BCUT2D eigenvalue weighted by Crippen LogP contribution is -2.29. The Morgan fingerprint density at radius 2 is 2.00 bits per heavy atom. The molecule has 3 atom stereocenters. The Bertz CT molecular complexity index is 457. The van der Waals surface area contributed by atoms with Crippen molar-refractivity contribution in [2.75, 3.05) is 6.54 Å². The molecule has 3 rings (SSSR count). The number of likely N-dealkylation sites (tertiary alicyclic amines) is 1. The second-order valence-corrected chi connectivity index (χ2v) is 5.63. The van der Waals surface area contributed by atoms with Crippen LogP contribution >= 0.6 is 12.2 Å². The van der Waals surface area contributed by atoms with Crippen LogP contribution in [0.5, 0.6) is 0 Å². The summed E-state index contributed by atoms with van der Waals surface area (Å²) in [5.74, 6) is 0.550. The van der Waals surface area contributed by atoms with Crippen LogP contribution in [0.4, 0.5) is 0 Å². The molecule has 1 aliphatic heterocycles. The molecule has 3 heteroatoms. The maximum absolute atomic E-state index is 6.21. The van der Waals surface area contributed by atoms with Crippen LogP contribution in [0.15, 0.2) is 24.3 Å². The van der Waals surface area contributed by atoms with E-state index >= 15 is 0 Å². The van der Waals surface area contributed by atoms with Gasteiger partial charge in [0.25, 0.3) is 0 Å². The molecule has 0 bridgehead atoms. The Labute approximate surface area is 108 Å². The van der Waals surface area contributed by atoms with Gasteiger partial charge in [0.05, 0.1) is 11.0 Å². The quantitative estimate of drug-likeness (QED) is 0.773. The molecule has 0 radical (unpaired) electrons. The molecule has 1 aliphatic carbocycles. The van der Waals surface area contributed by atoms with Gasteiger partial charge in [0, 0.05) is 18.5 Å². The SMILES string of the molecule is CC1CCN(C2CC(N)c3ccccc32)C1=S. The minimum absolute atomic E-state index is 0.176. The summed E-state index contributed by atoms with van der Waals surface area (Å²) in [6.45, 7) is 3.31. The van der Waals surface area contributed by atoms with Crippen molar-refractivity contribution in [2.24, 2.45) is 11.7 Å². The molecule has 1 saturated heterocycles. The van der Waals surface area contributed by atoms with Crippen LogP contribution in [0.1, 0.15) is 43.0 Å². The summed E-state index contributed by atoms with van der Waals surface area (Å²) >= 11 is 5.55. The van der Waals surface area contributed by atoms with Crippen LogP contribution in [-0.4, -0.2) is 16.4 Å². The van der Waals surface area contributed by atoms with E-state index in [4.69, 9.17) is 18.0 Å². The molecular formula is C14H18N2S. The second-order valence-electron chi connectivity index (χ2n) is 5.21. The molecule has 17 heavy (non-hydrogen) atoms. The van der Waals surface area contributed by atoms with Crippen LogP contribution in [-0.2, 0) is 0 Å². The molecule has 0 aromatic heterocycles. The zero-order valence-corrected chi connectivity index (χ0v) is 10.9. The summed E-state index contributed by atoms with van der Waals surface area (Å²) in [6.07, 6.45) is 2.19. The Kier molecular flexibility index (Phi) is 2.68. The number of nitrogens with zero attached hydrogens (tertiary/aromatic N) is 1. The fourth-order valence-corrected chi connectivity index (χ4v) is 3.44. The normalized spacial score (nSPS) is 32.0. The fraction of sp³-hybridized carbons (Fsp3) is 0.500. The first-order valence-corrected chi connectivity index (χ1v) is 6.74. The first-order chi connectivity index (χ1) is 8.18. The molecule has 1 heterocycles. The van der Waals surface area contributed by atoms with Crippen molar-refractivity contribution in [3.05, 3.63) is 35.4 Å². The van der Waals surface area contributed by atoms with Gasteiger partial charge in [-0.15, -0.1) is 0 Å². The Morgan fingerprint density at radius 3 is 2.65 bits per heavy atom. The zero-order valence-electron chi connectivity index (χ0n) is 10.1. The molecule has 0 spiro atoms. The number of hydrogen-bond donors (Lipinski definition) is 1. The van der Waals surface area contributed by atoms with Crippen molar-refractivity contribution in [1.29, 1.82) is 0 Å². The molecular weight excluding hydrogens is 228 g/mol. The van der Waals surface area contributed by atoms with E-state index in [2.05, 4.69) is 36.1 Å². The van der Waals surface area contributed by atoms with Crippen molar-refractivity contribution in [1.82, 2.24) is 4.90 Å². The molecule has 3 unspecified atom stereocenters. The molecule has 1 fully saturated rings. The average Bonchev–Trinajstić information content (AvgIpc) is 2.83. The molecule has 2 N–H and O–H groups in total. The predicted molar refractivity (Wildman–Crippen MR) is 73.8 cm³/mol. The first kappa shape index (κ1) is 11.2. The van der Waals surface area contributed by atoms with Crippen LogP contribution in [0, 0.1) is 5.92 Å². The van der Waals surface area contributed by atoms with Gasteiger partial charge < -0.3 is 10.6 Å². The van der Waals surface area contributed by atoms with Crippen LogP contribution in [0.25, 0.3) is 0 Å². The van der Waals surface area contributed by atoms with Crippen LogP contribution < -0.4 is 5.73 Å². The number of benzene rings is 1.